The molecule has 2 fully saturated rings. The van der Waals surface area contributed by atoms with Crippen LogP contribution in [0.4, 0.5) is 4.39 Å². The van der Waals surface area contributed by atoms with E-state index in [9.17, 15) is 43.2 Å². The maximum absolute atomic E-state index is 15.4. The van der Waals surface area contributed by atoms with Gasteiger partial charge in [-0.2, -0.15) is 0 Å². The minimum atomic E-state index is -1.39. The van der Waals surface area contributed by atoms with Crippen molar-refractivity contribution in [3.63, 3.8) is 0 Å². The summed E-state index contributed by atoms with van der Waals surface area (Å²) in [6.07, 6.45) is 5.86. The predicted octanol–water partition coefficient (Wildman–Crippen LogP) is 2.91. The van der Waals surface area contributed by atoms with Gasteiger partial charge in [-0.1, -0.05) is 80.4 Å². The molecular formula is C70H89FN12O12. The number of methoxy groups -OCH3 is 1. The average Bonchev–Trinajstić information content (AvgIpc) is 1.65. The highest BCUT2D eigenvalue weighted by molar-refractivity contribution is 5.97. The summed E-state index contributed by atoms with van der Waals surface area (Å²) in [5.41, 5.74) is 11.5. The number of hydrogen-bond acceptors (Lipinski definition) is 13. The van der Waals surface area contributed by atoms with Crippen LogP contribution in [0.2, 0.25) is 0 Å². The molecule has 4 aliphatic heterocycles. The Morgan fingerprint density at radius 3 is 2.21 bits per heavy atom. The molecule has 9 rings (SSSR count). The maximum Gasteiger partial charge on any atom is 0.246 e. The summed E-state index contributed by atoms with van der Waals surface area (Å²) in [5, 5.41) is 20.0. The molecule has 5 heterocycles. The minimum Gasteiger partial charge on any atom is -0.497 e. The lowest BCUT2D eigenvalue weighted by atomic mass is 10.00. The van der Waals surface area contributed by atoms with Crippen LogP contribution >= 0.6 is 0 Å². The molecule has 1 unspecified atom stereocenters. The summed E-state index contributed by atoms with van der Waals surface area (Å²) >= 11 is 0. The summed E-state index contributed by atoms with van der Waals surface area (Å²) in [7, 11) is 1.58. The first-order chi connectivity index (χ1) is 45.8. The van der Waals surface area contributed by atoms with E-state index in [1.165, 1.54) is 24.0 Å². The summed E-state index contributed by atoms with van der Waals surface area (Å²) in [4.78, 5) is 144. The monoisotopic (exact) mass is 1310 g/mol. The van der Waals surface area contributed by atoms with Crippen molar-refractivity contribution in [2.75, 3.05) is 53.0 Å². The van der Waals surface area contributed by atoms with Gasteiger partial charge in [-0.15, -0.1) is 0 Å². The third-order valence-electron chi connectivity index (χ3n) is 18.0. The van der Waals surface area contributed by atoms with E-state index in [0.717, 1.165) is 23.1 Å². The van der Waals surface area contributed by atoms with Crippen molar-refractivity contribution in [2.45, 2.75) is 166 Å². The fourth-order valence-electron chi connectivity index (χ4n) is 12.8. The number of ether oxygens (including phenoxy) is 2. The van der Waals surface area contributed by atoms with Gasteiger partial charge in [0.2, 0.25) is 59.1 Å². The SMILES string of the molecule is CCCNC(=O)C1[C@@H]2CCN1C(=O)[C@@H]1Cc3cn(c4ccc(F)cc34)CCCCCCN(Cc3ccc(CCNC(=O)[C@@H]4CCCN4C(=O)[C@@H](N)Cc4ccc(OC)cc4)cc3)C(=O)CCC(=O)N[C@@H](C)C(=O)NCC(=O)N[C@@H](Cc3cccc(c3)CNC(=O)CO2)C(=O)N1. The Bertz CT molecular complexity index is 3570. The van der Waals surface area contributed by atoms with Crippen molar-refractivity contribution in [1.29, 1.82) is 0 Å². The Morgan fingerprint density at radius 1 is 0.705 bits per heavy atom. The Labute approximate surface area is 552 Å². The molecule has 2 saturated heterocycles. The summed E-state index contributed by atoms with van der Waals surface area (Å²) in [5.74, 6) is -5.06. The number of aromatic nitrogens is 1. The molecule has 9 N–H and O–H groups in total. The van der Waals surface area contributed by atoms with Crippen LogP contribution in [0.25, 0.3) is 10.9 Å². The lowest BCUT2D eigenvalue weighted by Gasteiger charge is -2.31. The van der Waals surface area contributed by atoms with Crippen molar-refractivity contribution < 1.29 is 61.8 Å². The van der Waals surface area contributed by atoms with Crippen molar-refractivity contribution in [1.82, 2.24) is 56.5 Å². The number of hydrogen-bond donors (Lipinski definition) is 8. The Kier molecular flexibility index (Phi) is 24.9. The van der Waals surface area contributed by atoms with Crippen LogP contribution in [0.3, 0.4) is 0 Å². The number of amides is 10. The zero-order chi connectivity index (χ0) is 67.5. The number of nitrogens with one attached hydrogen (secondary N) is 7. The number of nitrogens with zero attached hydrogens (tertiary/aromatic N) is 4. The lowest BCUT2D eigenvalue weighted by molar-refractivity contribution is -0.145. The molecule has 5 aromatic rings. The van der Waals surface area contributed by atoms with E-state index in [2.05, 4.69) is 37.2 Å². The molecule has 4 aliphatic rings. The van der Waals surface area contributed by atoms with Crippen LogP contribution in [0.1, 0.15) is 111 Å². The molecule has 1 aromatic heterocycles. The van der Waals surface area contributed by atoms with Crippen LogP contribution < -0.4 is 47.7 Å². The largest absolute Gasteiger partial charge is 0.497 e. The topological polar surface area (TPSA) is 314 Å². The number of likely N-dealkylation sites (tertiary alicyclic amines) is 1. The van der Waals surface area contributed by atoms with Gasteiger partial charge >= 0.3 is 0 Å². The van der Waals surface area contributed by atoms with Crippen molar-refractivity contribution in [3.8, 4) is 5.75 Å². The third-order valence-corrected chi connectivity index (χ3v) is 18.0. The molecule has 7 atom stereocenters. The van der Waals surface area contributed by atoms with Gasteiger partial charge in [-0.3, -0.25) is 47.9 Å². The molecule has 4 aromatic carbocycles. The standard InChI is InChI=1S/C70H89FN12O12/c1-4-28-73-68(91)64-59-27-33-83(64)70(93)56-37-50-42-80(57-23-20-51(71)38-53(50)57)30-7-5-6-8-31-81(41-47-16-14-45(15-17-47)26-29-74-67(90)58-13-10-32-82(58)69(92)54(72)35-46-18-21-52(94-3)22-19-46)63(87)25-24-60(84)77-44(2)65(88)76-40-61(85)78-55(66(89)79-56)36-48-11-9-12-49(34-48)39-75-62(86)43-95-59/h9,11-12,14-23,34,38,42,44,54-56,58-59,64H,4-8,10,13,24-33,35-37,39-41,43,72H2,1-3H3,(H,73,91)(H,74,90)(H,75,86)(H,76,88)(H,77,84)(H,78,85)(H,79,89)/t44-,54-,55-,56-,58-,59-,64?/m0/s1. The third kappa shape index (κ3) is 19.2. The van der Waals surface area contributed by atoms with E-state index in [0.29, 0.717) is 117 Å². The zero-order valence-corrected chi connectivity index (χ0v) is 54.4. The van der Waals surface area contributed by atoms with Gasteiger partial charge in [0.05, 0.1) is 25.8 Å². The second-order valence-electron chi connectivity index (χ2n) is 25.0. The first-order valence-electron chi connectivity index (χ1n) is 33.1. The van der Waals surface area contributed by atoms with E-state index >= 15 is 9.18 Å². The van der Waals surface area contributed by atoms with Crippen molar-refractivity contribution in [3.05, 3.63) is 136 Å². The van der Waals surface area contributed by atoms with Crippen LogP contribution in [0.5, 0.6) is 5.75 Å². The second-order valence-corrected chi connectivity index (χ2v) is 25.0. The fraction of sp³-hybridized carbons (Fsp3) is 0.486. The van der Waals surface area contributed by atoms with Crippen molar-refractivity contribution in [2.24, 2.45) is 5.73 Å². The Hall–Kier alpha value is -9.23. The van der Waals surface area contributed by atoms with E-state index in [-0.39, 0.29) is 69.5 Å². The number of carbonyl (C=O) groups excluding carboxylic acids is 10. The highest BCUT2D eigenvalue weighted by atomic mass is 19.1. The molecule has 0 saturated carbocycles. The number of fused-ring (bicyclic) bond motifs is 12. The number of aryl methyl sites for hydroxylation is 1. The summed E-state index contributed by atoms with van der Waals surface area (Å²) in [6.45, 7) is 4.58. The molecule has 0 spiro atoms. The molecule has 25 heteroatoms. The first kappa shape index (κ1) is 70.1. The van der Waals surface area contributed by atoms with E-state index in [1.807, 2.05) is 66.2 Å². The zero-order valence-electron chi connectivity index (χ0n) is 54.4. The van der Waals surface area contributed by atoms with Crippen LogP contribution in [-0.4, -0.2) is 174 Å². The van der Waals surface area contributed by atoms with Gasteiger partial charge in [0.25, 0.3) is 0 Å². The van der Waals surface area contributed by atoms with Gasteiger partial charge < -0.3 is 71.7 Å². The van der Waals surface area contributed by atoms with Gasteiger partial charge in [-0.25, -0.2) is 4.39 Å². The number of carbonyl (C=O) groups is 10. The fourth-order valence-corrected chi connectivity index (χ4v) is 12.8. The summed E-state index contributed by atoms with van der Waals surface area (Å²) < 4.78 is 28.7. The molecule has 0 aliphatic carbocycles. The number of halogens is 1. The molecule has 24 nitrogen and oxygen atoms in total. The maximum atomic E-state index is 15.4. The quantitative estimate of drug-likeness (QED) is 0.0842. The number of nitrogens with two attached hydrogens (primary N) is 1. The van der Waals surface area contributed by atoms with Crippen LogP contribution in [0.15, 0.2) is 97.2 Å². The molecular weight excluding hydrogens is 1220 g/mol. The molecule has 508 valence electrons. The highest BCUT2D eigenvalue weighted by Gasteiger charge is 2.45. The molecule has 0 radical (unpaired) electrons. The second kappa shape index (κ2) is 33.7. The highest BCUT2D eigenvalue weighted by Crippen LogP contribution is 2.29. The van der Waals surface area contributed by atoms with E-state index in [4.69, 9.17) is 15.2 Å². The molecule has 8 bridgehead atoms. The van der Waals surface area contributed by atoms with Gasteiger partial charge in [0.15, 0.2) is 0 Å². The van der Waals surface area contributed by atoms with E-state index in [1.54, 1.807) is 47.2 Å². The van der Waals surface area contributed by atoms with Crippen LogP contribution in [-0.2, 0) is 98.0 Å². The summed E-state index contributed by atoms with van der Waals surface area (Å²) in [6, 6.07) is 20.0. The number of benzene rings is 4. The molecule has 10 amide bonds. The van der Waals surface area contributed by atoms with Crippen LogP contribution in [0, 0.1) is 5.82 Å². The number of rotatable bonds is 13. The Balaban J connectivity index is 0.903. The van der Waals surface area contributed by atoms with Gasteiger partial charge in [-0.05, 0) is 122 Å². The smallest absolute Gasteiger partial charge is 0.246 e. The van der Waals surface area contributed by atoms with E-state index < -0.39 is 103 Å². The normalized spacial score (nSPS) is 22.2. The lowest BCUT2D eigenvalue weighted by Crippen LogP contribution is -2.59. The first-order valence-corrected chi connectivity index (χ1v) is 33.1. The predicted molar refractivity (Wildman–Crippen MR) is 351 cm³/mol. The Morgan fingerprint density at radius 2 is 1.44 bits per heavy atom. The minimum absolute atomic E-state index is 0.0300. The van der Waals surface area contributed by atoms with Crippen molar-refractivity contribution >= 4 is 70.0 Å². The molecule has 95 heavy (non-hydrogen) atoms. The van der Waals surface area contributed by atoms with Gasteiger partial charge in [0, 0.05) is 95.1 Å². The average molecular weight is 1310 g/mol. The van der Waals surface area contributed by atoms with Gasteiger partial charge in [0.1, 0.15) is 48.4 Å².